The van der Waals surface area contributed by atoms with E-state index in [2.05, 4.69) is 10.1 Å². The molecule has 34 heavy (non-hydrogen) atoms. The fourth-order valence-electron chi connectivity index (χ4n) is 4.09. The van der Waals surface area contributed by atoms with Gasteiger partial charge in [-0.25, -0.2) is 14.1 Å². The zero-order chi connectivity index (χ0) is 23.8. The highest BCUT2D eigenvalue weighted by molar-refractivity contribution is 7.84. The first kappa shape index (κ1) is 22.4. The maximum absolute atomic E-state index is 14.3. The highest BCUT2D eigenvalue weighted by atomic mass is 32.2. The third-order valence-electron chi connectivity index (χ3n) is 5.86. The molecule has 2 aromatic carbocycles. The van der Waals surface area contributed by atoms with Crippen molar-refractivity contribution < 1.29 is 18.1 Å². The molecule has 1 aliphatic rings. The Kier molecular flexibility index (Phi) is 5.97. The molecule has 3 heterocycles. The summed E-state index contributed by atoms with van der Waals surface area (Å²) >= 11 is 0. The van der Waals surface area contributed by atoms with Crippen molar-refractivity contribution in [3.05, 3.63) is 71.7 Å². The van der Waals surface area contributed by atoms with E-state index in [-0.39, 0.29) is 11.7 Å². The van der Waals surface area contributed by atoms with Crippen molar-refractivity contribution >= 4 is 27.6 Å². The lowest BCUT2D eigenvalue weighted by Crippen LogP contribution is -2.40. The summed E-state index contributed by atoms with van der Waals surface area (Å²) in [5.74, 6) is 0.0736. The Balaban J connectivity index is 1.57. The third kappa shape index (κ3) is 4.12. The van der Waals surface area contributed by atoms with Gasteiger partial charge in [-0.1, -0.05) is 11.6 Å². The molecule has 1 aliphatic heterocycles. The maximum Gasteiger partial charge on any atom is 0.254 e. The van der Waals surface area contributed by atoms with Crippen LogP contribution in [0.5, 0.6) is 0 Å². The van der Waals surface area contributed by atoms with E-state index in [9.17, 15) is 13.4 Å². The van der Waals surface area contributed by atoms with Gasteiger partial charge < -0.3 is 9.64 Å². The van der Waals surface area contributed by atoms with Crippen LogP contribution in [0, 0.1) is 12.7 Å². The summed E-state index contributed by atoms with van der Waals surface area (Å²) in [7, 11) is -1.34. The van der Waals surface area contributed by atoms with Gasteiger partial charge in [-0.05, 0) is 49.4 Å². The molecule has 1 saturated heterocycles. The van der Waals surface area contributed by atoms with Crippen molar-refractivity contribution in [1.82, 2.24) is 19.7 Å². The van der Waals surface area contributed by atoms with Crippen LogP contribution in [0.1, 0.15) is 15.9 Å². The molecule has 0 unspecified atom stereocenters. The maximum atomic E-state index is 14.3. The molecule has 7 nitrogen and oxygen atoms in total. The van der Waals surface area contributed by atoms with Crippen molar-refractivity contribution in [2.45, 2.75) is 11.9 Å². The number of morpholine rings is 1. The number of aryl methyl sites for hydroxylation is 1. The minimum atomic E-state index is -1.34. The van der Waals surface area contributed by atoms with Crippen molar-refractivity contribution in [3.63, 3.8) is 0 Å². The van der Waals surface area contributed by atoms with Gasteiger partial charge in [0.2, 0.25) is 0 Å². The van der Waals surface area contributed by atoms with Gasteiger partial charge in [0.05, 0.1) is 29.5 Å². The second-order valence-corrected chi connectivity index (χ2v) is 9.49. The zero-order valence-electron chi connectivity index (χ0n) is 18.8. The van der Waals surface area contributed by atoms with E-state index in [1.807, 2.05) is 6.92 Å². The van der Waals surface area contributed by atoms with E-state index in [1.165, 1.54) is 6.07 Å². The highest BCUT2D eigenvalue weighted by Gasteiger charge is 2.22. The molecular formula is C25H23FN4O3S. The molecule has 2 aromatic heterocycles. The number of benzene rings is 2. The average molecular weight is 479 g/mol. The van der Waals surface area contributed by atoms with Crippen LogP contribution in [0.4, 0.5) is 4.39 Å². The molecule has 174 valence electrons. The van der Waals surface area contributed by atoms with Gasteiger partial charge in [-0.2, -0.15) is 5.10 Å². The summed E-state index contributed by atoms with van der Waals surface area (Å²) in [6.07, 6.45) is 3.15. The van der Waals surface area contributed by atoms with Gasteiger partial charge in [0, 0.05) is 47.6 Å². The van der Waals surface area contributed by atoms with Gasteiger partial charge in [0.25, 0.3) is 5.91 Å². The standard InChI is InChI=1S/C25H23FN4O3S/c1-16-3-7-21(26)20(13-16)18-5-8-23(27-15-18)30-22-14-17(25(31)29-9-11-33-12-10-29)4-6-19(22)24(28-30)34(2)32/h3-8,13-15H,9-12H2,1-2H3/t34-/m0/s1. The largest absolute Gasteiger partial charge is 0.378 e. The first-order valence-electron chi connectivity index (χ1n) is 10.9. The van der Waals surface area contributed by atoms with Crippen LogP contribution in [-0.4, -0.2) is 62.3 Å². The molecule has 4 aromatic rings. The zero-order valence-corrected chi connectivity index (χ0v) is 19.6. The monoisotopic (exact) mass is 478 g/mol. The van der Waals surface area contributed by atoms with Crippen LogP contribution in [0.3, 0.4) is 0 Å². The van der Waals surface area contributed by atoms with E-state index in [1.54, 1.807) is 64.5 Å². The number of ether oxygens (including phenoxy) is 1. The number of carbonyl (C=O) groups excluding carboxylic acids is 1. The van der Waals surface area contributed by atoms with Gasteiger partial charge in [-0.3, -0.25) is 9.00 Å². The highest BCUT2D eigenvalue weighted by Crippen LogP contribution is 2.28. The van der Waals surface area contributed by atoms with Crippen molar-refractivity contribution in [1.29, 1.82) is 0 Å². The molecule has 1 fully saturated rings. The fourth-order valence-corrected chi connectivity index (χ4v) is 4.77. The Morgan fingerprint density at radius 1 is 1.09 bits per heavy atom. The topological polar surface area (TPSA) is 77.3 Å². The van der Waals surface area contributed by atoms with Crippen LogP contribution < -0.4 is 0 Å². The number of hydrogen-bond acceptors (Lipinski definition) is 5. The molecule has 1 amide bonds. The van der Waals surface area contributed by atoms with Gasteiger partial charge in [0.1, 0.15) is 5.82 Å². The second kappa shape index (κ2) is 9.08. The molecule has 0 radical (unpaired) electrons. The Bertz CT molecular complexity index is 1410. The van der Waals surface area contributed by atoms with Gasteiger partial charge >= 0.3 is 0 Å². The summed E-state index contributed by atoms with van der Waals surface area (Å²) in [5, 5.41) is 5.64. The molecule has 0 aliphatic carbocycles. The lowest BCUT2D eigenvalue weighted by molar-refractivity contribution is 0.0303. The van der Waals surface area contributed by atoms with Crippen LogP contribution in [-0.2, 0) is 15.5 Å². The summed E-state index contributed by atoms with van der Waals surface area (Å²) in [6.45, 7) is 4.02. The summed E-state index contributed by atoms with van der Waals surface area (Å²) in [6, 6.07) is 13.7. The summed E-state index contributed by atoms with van der Waals surface area (Å²) < 4.78 is 33.6. The Labute approximate surface area is 198 Å². The van der Waals surface area contributed by atoms with E-state index < -0.39 is 10.8 Å². The van der Waals surface area contributed by atoms with Gasteiger partial charge in [-0.15, -0.1) is 0 Å². The first-order valence-corrected chi connectivity index (χ1v) is 12.4. The number of hydrogen-bond donors (Lipinski definition) is 0. The molecule has 9 heteroatoms. The van der Waals surface area contributed by atoms with Crippen LogP contribution >= 0.6 is 0 Å². The number of rotatable bonds is 4. The quantitative estimate of drug-likeness (QED) is 0.447. The second-order valence-electron chi connectivity index (χ2n) is 8.20. The molecule has 1 atom stereocenters. The minimum absolute atomic E-state index is 0.0876. The molecular weight excluding hydrogens is 455 g/mol. The number of pyridine rings is 1. The predicted molar refractivity (Wildman–Crippen MR) is 128 cm³/mol. The molecule has 0 N–H and O–H groups in total. The number of fused-ring (bicyclic) bond motifs is 1. The third-order valence-corrected chi connectivity index (χ3v) is 6.71. The minimum Gasteiger partial charge on any atom is -0.378 e. The predicted octanol–water partition coefficient (Wildman–Crippen LogP) is 3.74. The van der Waals surface area contributed by atoms with Crippen molar-refractivity contribution in [2.75, 3.05) is 32.6 Å². The van der Waals surface area contributed by atoms with Crippen LogP contribution in [0.15, 0.2) is 59.8 Å². The fraction of sp³-hybridized carbons (Fsp3) is 0.240. The molecule has 0 bridgehead atoms. The molecule has 0 saturated carbocycles. The number of carbonyl (C=O) groups is 1. The van der Waals surface area contributed by atoms with E-state index in [0.29, 0.717) is 64.7 Å². The molecule has 0 spiro atoms. The van der Waals surface area contributed by atoms with Crippen LogP contribution in [0.25, 0.3) is 27.8 Å². The summed E-state index contributed by atoms with van der Waals surface area (Å²) in [4.78, 5) is 19.3. The van der Waals surface area contributed by atoms with Crippen LogP contribution in [0.2, 0.25) is 0 Å². The number of nitrogens with zero attached hydrogens (tertiary/aromatic N) is 4. The number of halogens is 1. The summed E-state index contributed by atoms with van der Waals surface area (Å²) in [5.41, 5.74) is 3.21. The lowest BCUT2D eigenvalue weighted by Gasteiger charge is -2.26. The Hall–Kier alpha value is -3.43. The lowest BCUT2D eigenvalue weighted by atomic mass is 10.0. The first-order chi connectivity index (χ1) is 16.4. The van der Waals surface area contributed by atoms with E-state index in [0.717, 1.165) is 5.56 Å². The Morgan fingerprint density at radius 2 is 1.88 bits per heavy atom. The SMILES string of the molecule is Cc1ccc(F)c(-c2ccc(-n3nc([S@](C)=O)c4ccc(C(=O)N5CCOCC5)cc43)nc2)c1. The molecule has 5 rings (SSSR count). The van der Waals surface area contributed by atoms with Crippen molar-refractivity contribution in [2.24, 2.45) is 0 Å². The van der Waals surface area contributed by atoms with Crippen molar-refractivity contribution in [3.8, 4) is 16.9 Å². The average Bonchev–Trinajstić information content (AvgIpc) is 3.25. The smallest absolute Gasteiger partial charge is 0.254 e. The normalized spacial score (nSPS) is 15.0. The number of aromatic nitrogens is 3. The number of amides is 1. The van der Waals surface area contributed by atoms with E-state index >= 15 is 0 Å². The van der Waals surface area contributed by atoms with E-state index in [4.69, 9.17) is 4.74 Å². The van der Waals surface area contributed by atoms with Gasteiger partial charge in [0.15, 0.2) is 10.8 Å². The Morgan fingerprint density at radius 3 is 2.59 bits per heavy atom.